The van der Waals surface area contributed by atoms with Crippen LogP contribution in [0.5, 0.6) is 0 Å². The highest BCUT2D eigenvalue weighted by Gasteiger charge is 2.32. The molecule has 1 N–H and O–H groups in total. The second-order valence-corrected chi connectivity index (χ2v) is 6.74. The van der Waals surface area contributed by atoms with Crippen molar-refractivity contribution in [1.29, 1.82) is 0 Å². The number of nitrogens with one attached hydrogen (secondary N) is 1. The highest BCUT2D eigenvalue weighted by molar-refractivity contribution is 7.21. The van der Waals surface area contributed by atoms with Crippen LogP contribution in [0.1, 0.15) is 6.42 Å². The maximum Gasteiger partial charge on any atom is 0.397 e. The molecule has 0 aliphatic heterocycles. The summed E-state index contributed by atoms with van der Waals surface area (Å²) in [5.74, 6) is -1.92. The molecule has 0 radical (unpaired) electrons. The van der Waals surface area contributed by atoms with Crippen molar-refractivity contribution in [1.82, 2.24) is 14.4 Å². The molecule has 0 spiro atoms. The smallest absolute Gasteiger partial charge is 0.308 e. The Kier molecular flexibility index (Phi) is 4.06. The number of aromatic nitrogens is 3. The molecule has 0 bridgehead atoms. The van der Waals surface area contributed by atoms with Crippen molar-refractivity contribution in [3.05, 3.63) is 48.4 Å². The Labute approximate surface area is 153 Å². The number of nitrogens with zero attached hydrogens (tertiary/aromatic N) is 3. The standard InChI is InChI=1S/C17H10F4N4OS/c18-9-5-6-12-23-15(24-13(26)7-17(19,20)21)14(25(12)8-9)16-22-10-3-1-2-4-11(10)27-16/h1-6,8H,7H2,(H,24,26). The number of carbonyl (C=O) groups is 1. The van der Waals surface area contributed by atoms with E-state index >= 15 is 0 Å². The number of imidazole rings is 1. The average molecular weight is 394 g/mol. The number of fused-ring (bicyclic) bond motifs is 2. The van der Waals surface area contributed by atoms with Crippen LogP contribution in [0.3, 0.4) is 0 Å². The topological polar surface area (TPSA) is 59.3 Å². The van der Waals surface area contributed by atoms with E-state index in [4.69, 9.17) is 0 Å². The Morgan fingerprint density at radius 3 is 2.67 bits per heavy atom. The van der Waals surface area contributed by atoms with Gasteiger partial charge in [0.05, 0.1) is 10.2 Å². The van der Waals surface area contributed by atoms with Crippen LogP contribution >= 0.6 is 11.3 Å². The van der Waals surface area contributed by atoms with Gasteiger partial charge in [0.25, 0.3) is 0 Å². The molecular formula is C17H10F4N4OS. The molecule has 0 aliphatic rings. The first-order valence-corrected chi connectivity index (χ1v) is 8.52. The lowest BCUT2D eigenvalue weighted by Gasteiger charge is -2.07. The number of alkyl halides is 3. The van der Waals surface area contributed by atoms with Crippen molar-refractivity contribution in [2.24, 2.45) is 0 Å². The van der Waals surface area contributed by atoms with Gasteiger partial charge in [-0.3, -0.25) is 9.20 Å². The first-order valence-electron chi connectivity index (χ1n) is 7.70. The van der Waals surface area contributed by atoms with Gasteiger partial charge in [0.1, 0.15) is 28.6 Å². The SMILES string of the molecule is O=C(CC(F)(F)F)Nc1nc2ccc(F)cn2c1-c1nc2ccccc2s1. The minimum atomic E-state index is -4.65. The summed E-state index contributed by atoms with van der Waals surface area (Å²) in [6.45, 7) is 0. The van der Waals surface area contributed by atoms with Gasteiger partial charge >= 0.3 is 6.18 Å². The van der Waals surface area contributed by atoms with Crippen LogP contribution in [0.2, 0.25) is 0 Å². The molecule has 138 valence electrons. The minimum absolute atomic E-state index is 0.103. The monoisotopic (exact) mass is 394 g/mol. The number of anilines is 1. The largest absolute Gasteiger partial charge is 0.397 e. The Balaban J connectivity index is 1.86. The molecule has 27 heavy (non-hydrogen) atoms. The highest BCUT2D eigenvalue weighted by Crippen LogP contribution is 2.35. The third kappa shape index (κ3) is 3.47. The van der Waals surface area contributed by atoms with Crippen LogP contribution in [0.4, 0.5) is 23.4 Å². The number of halogens is 4. The van der Waals surface area contributed by atoms with E-state index in [0.29, 0.717) is 10.5 Å². The lowest BCUT2D eigenvalue weighted by molar-refractivity contribution is -0.150. The predicted octanol–water partition coefficient (Wildman–Crippen LogP) is 4.64. The van der Waals surface area contributed by atoms with Crippen LogP contribution in [-0.2, 0) is 4.79 Å². The fourth-order valence-electron chi connectivity index (χ4n) is 2.64. The summed E-state index contributed by atoms with van der Waals surface area (Å²) in [5.41, 5.74) is 1.17. The van der Waals surface area contributed by atoms with Crippen molar-refractivity contribution < 1.29 is 22.4 Å². The number of carbonyl (C=O) groups excluding carboxylic acids is 1. The van der Waals surface area contributed by atoms with Crippen LogP contribution in [0.15, 0.2) is 42.6 Å². The maximum atomic E-state index is 13.7. The Morgan fingerprint density at radius 1 is 1.15 bits per heavy atom. The van der Waals surface area contributed by atoms with Crippen molar-refractivity contribution >= 4 is 38.9 Å². The van der Waals surface area contributed by atoms with Gasteiger partial charge in [-0.25, -0.2) is 14.4 Å². The Morgan fingerprint density at radius 2 is 1.93 bits per heavy atom. The molecule has 1 amide bonds. The number of rotatable bonds is 3. The van der Waals surface area contributed by atoms with E-state index in [1.54, 1.807) is 12.1 Å². The number of pyridine rings is 1. The normalized spacial score (nSPS) is 12.0. The third-order valence-corrected chi connectivity index (χ3v) is 4.74. The summed E-state index contributed by atoms with van der Waals surface area (Å²) in [7, 11) is 0. The summed E-state index contributed by atoms with van der Waals surface area (Å²) in [5, 5.41) is 2.57. The van der Waals surface area contributed by atoms with Crippen molar-refractivity contribution in [2.75, 3.05) is 5.32 Å². The predicted molar refractivity (Wildman–Crippen MR) is 93.1 cm³/mol. The first-order chi connectivity index (χ1) is 12.8. The van der Waals surface area contributed by atoms with E-state index in [0.717, 1.165) is 10.9 Å². The number of hydrogen-bond acceptors (Lipinski definition) is 4. The van der Waals surface area contributed by atoms with Gasteiger partial charge in [-0.2, -0.15) is 13.2 Å². The van der Waals surface area contributed by atoms with Crippen molar-refractivity contribution in [2.45, 2.75) is 12.6 Å². The second kappa shape index (κ2) is 6.31. The van der Waals surface area contributed by atoms with Gasteiger partial charge in [-0.1, -0.05) is 12.1 Å². The van der Waals surface area contributed by atoms with Crippen LogP contribution < -0.4 is 5.32 Å². The molecule has 0 saturated carbocycles. The average Bonchev–Trinajstić information content (AvgIpc) is 3.12. The van der Waals surface area contributed by atoms with Gasteiger partial charge in [-0.15, -0.1) is 11.3 Å². The molecule has 0 saturated heterocycles. The van der Waals surface area contributed by atoms with E-state index in [9.17, 15) is 22.4 Å². The molecule has 0 unspecified atom stereocenters. The molecule has 1 aromatic carbocycles. The van der Waals surface area contributed by atoms with Crippen LogP contribution in [0, 0.1) is 5.82 Å². The summed E-state index contributed by atoms with van der Waals surface area (Å²) < 4.78 is 53.4. The Hall–Kier alpha value is -3.01. The molecule has 3 heterocycles. The van der Waals surface area contributed by atoms with Crippen molar-refractivity contribution in [3.63, 3.8) is 0 Å². The second-order valence-electron chi connectivity index (χ2n) is 5.71. The molecule has 4 aromatic rings. The zero-order valence-electron chi connectivity index (χ0n) is 13.4. The van der Waals surface area contributed by atoms with E-state index in [2.05, 4.69) is 15.3 Å². The number of hydrogen-bond donors (Lipinski definition) is 1. The molecule has 10 heteroatoms. The van der Waals surface area contributed by atoms with E-state index in [1.807, 2.05) is 12.1 Å². The maximum absolute atomic E-state index is 13.7. The third-order valence-electron chi connectivity index (χ3n) is 3.70. The molecule has 0 atom stereocenters. The fraction of sp³-hybridized carbons (Fsp3) is 0.118. The molecule has 4 rings (SSSR count). The molecule has 5 nitrogen and oxygen atoms in total. The van der Waals surface area contributed by atoms with Crippen LogP contribution in [0.25, 0.3) is 26.6 Å². The summed E-state index contributed by atoms with van der Waals surface area (Å²) in [6, 6.07) is 9.77. The zero-order chi connectivity index (χ0) is 19.2. The quantitative estimate of drug-likeness (QED) is 0.515. The number of thiazole rings is 1. The summed E-state index contributed by atoms with van der Waals surface area (Å²) in [6.07, 6.45) is -5.15. The number of benzene rings is 1. The fourth-order valence-corrected chi connectivity index (χ4v) is 3.65. The van der Waals surface area contributed by atoms with Gasteiger partial charge in [0.15, 0.2) is 5.82 Å². The van der Waals surface area contributed by atoms with E-state index in [1.165, 1.54) is 27.9 Å². The molecular weight excluding hydrogens is 384 g/mol. The first kappa shape index (κ1) is 17.4. The van der Waals surface area contributed by atoms with Gasteiger partial charge in [0, 0.05) is 6.20 Å². The molecule has 3 aromatic heterocycles. The highest BCUT2D eigenvalue weighted by atomic mass is 32.1. The summed E-state index contributed by atoms with van der Waals surface area (Å²) >= 11 is 1.26. The van der Waals surface area contributed by atoms with Gasteiger partial charge in [-0.05, 0) is 24.3 Å². The van der Waals surface area contributed by atoms with Gasteiger partial charge in [0.2, 0.25) is 5.91 Å². The van der Waals surface area contributed by atoms with Crippen LogP contribution in [-0.4, -0.2) is 26.5 Å². The van der Waals surface area contributed by atoms with Gasteiger partial charge < -0.3 is 5.32 Å². The summed E-state index contributed by atoms with van der Waals surface area (Å²) in [4.78, 5) is 20.3. The zero-order valence-corrected chi connectivity index (χ0v) is 14.2. The molecule has 0 fully saturated rings. The minimum Gasteiger partial charge on any atom is -0.308 e. The lowest BCUT2D eigenvalue weighted by atomic mass is 10.3. The number of para-hydroxylation sites is 1. The van der Waals surface area contributed by atoms with E-state index in [-0.39, 0.29) is 17.2 Å². The number of amides is 1. The van der Waals surface area contributed by atoms with Crippen molar-refractivity contribution in [3.8, 4) is 10.7 Å². The van der Waals surface area contributed by atoms with E-state index < -0.39 is 24.3 Å². The Bertz CT molecular complexity index is 1130. The lowest BCUT2D eigenvalue weighted by Crippen LogP contribution is -2.21. The molecule has 0 aliphatic carbocycles.